The Kier molecular flexibility index (Phi) is 10.4. The Morgan fingerprint density at radius 1 is 1.07 bits per heavy atom. The Labute approximate surface area is 238 Å². The number of fused-ring (bicyclic) bond motifs is 1. The highest BCUT2D eigenvalue weighted by Gasteiger charge is 2.30. The molecule has 11 heteroatoms. The average Bonchev–Trinajstić information content (AvgIpc) is 3.34. The molecule has 0 radical (unpaired) electrons. The molecule has 10 nitrogen and oxygen atoms in total. The summed E-state index contributed by atoms with van der Waals surface area (Å²) in [6, 6.07) is 3.86. The van der Waals surface area contributed by atoms with Crippen LogP contribution in [0.4, 0.5) is 0 Å². The van der Waals surface area contributed by atoms with Crippen LogP contribution in [-0.4, -0.2) is 57.8 Å². The summed E-state index contributed by atoms with van der Waals surface area (Å²) >= 11 is 6.77. The standard InChI is InChI=1S/C29H35ClN4O6/c1-6-39-24(35)11-10-23(28(38)40-7-2)34-27(37)18-9-8-17(12-19(18)25(36)29(3,4)5)13-22(30)20-15-32-26-21(20)14-31-16-33-26/h8-9,12,14-16,22-23H,6-7,10-11,13H2,1-5H3,(H,34,37)(H,31,32,33)/t22?,23-/m1/s1. The largest absolute Gasteiger partial charge is 0.466 e. The molecule has 0 fully saturated rings. The van der Waals surface area contributed by atoms with Gasteiger partial charge < -0.3 is 19.8 Å². The van der Waals surface area contributed by atoms with Gasteiger partial charge in [0.15, 0.2) is 5.78 Å². The second-order valence-corrected chi connectivity index (χ2v) is 10.8. The lowest BCUT2D eigenvalue weighted by Crippen LogP contribution is -2.43. The predicted molar refractivity (Wildman–Crippen MR) is 150 cm³/mol. The summed E-state index contributed by atoms with van der Waals surface area (Å²) in [6.07, 6.45) is 5.20. The lowest BCUT2D eigenvalue weighted by atomic mass is 9.83. The van der Waals surface area contributed by atoms with Crippen LogP contribution in [0.5, 0.6) is 0 Å². The van der Waals surface area contributed by atoms with Crippen LogP contribution in [0.1, 0.15) is 84.7 Å². The first-order valence-electron chi connectivity index (χ1n) is 13.2. The number of rotatable bonds is 12. The molecule has 3 aromatic rings. The molecule has 2 N–H and O–H groups in total. The van der Waals surface area contributed by atoms with Gasteiger partial charge in [0, 0.05) is 35.2 Å². The molecule has 0 aliphatic heterocycles. The monoisotopic (exact) mass is 570 g/mol. The normalized spacial score (nSPS) is 12.9. The number of aromatic amines is 1. The third-order valence-electron chi connectivity index (χ3n) is 6.21. The Bertz CT molecular complexity index is 1380. The van der Waals surface area contributed by atoms with Gasteiger partial charge in [-0.3, -0.25) is 14.4 Å². The maximum Gasteiger partial charge on any atom is 0.328 e. The van der Waals surface area contributed by atoms with E-state index in [1.165, 1.54) is 6.33 Å². The van der Waals surface area contributed by atoms with Crippen molar-refractivity contribution >= 4 is 46.3 Å². The second kappa shape index (κ2) is 13.5. The summed E-state index contributed by atoms with van der Waals surface area (Å²) < 4.78 is 10.0. The van der Waals surface area contributed by atoms with Crippen LogP contribution in [0.2, 0.25) is 0 Å². The molecular formula is C29H35ClN4O6. The summed E-state index contributed by atoms with van der Waals surface area (Å²) in [6.45, 7) is 8.93. The number of carbonyl (C=O) groups is 4. The second-order valence-electron chi connectivity index (χ2n) is 10.3. The van der Waals surface area contributed by atoms with E-state index in [1.807, 2.05) is 0 Å². The number of alkyl halides is 1. The number of hydrogen-bond donors (Lipinski definition) is 2. The first-order valence-corrected chi connectivity index (χ1v) is 13.6. The zero-order chi connectivity index (χ0) is 29.4. The smallest absolute Gasteiger partial charge is 0.328 e. The van der Waals surface area contributed by atoms with Crippen molar-refractivity contribution in [2.75, 3.05) is 13.2 Å². The quantitative estimate of drug-likeness (QED) is 0.181. The van der Waals surface area contributed by atoms with Gasteiger partial charge in [-0.25, -0.2) is 14.8 Å². The minimum atomic E-state index is -1.09. The number of ketones is 1. The van der Waals surface area contributed by atoms with Crippen molar-refractivity contribution in [3.63, 3.8) is 0 Å². The number of Topliss-reactive ketones (excluding diaryl/α,β-unsaturated/α-hetero) is 1. The van der Waals surface area contributed by atoms with E-state index in [2.05, 4.69) is 20.3 Å². The van der Waals surface area contributed by atoms with E-state index in [0.29, 0.717) is 12.1 Å². The number of aromatic nitrogens is 3. The number of esters is 2. The fourth-order valence-corrected chi connectivity index (χ4v) is 4.55. The fourth-order valence-electron chi connectivity index (χ4n) is 4.19. The third kappa shape index (κ3) is 7.65. The van der Waals surface area contributed by atoms with E-state index < -0.39 is 34.7 Å². The van der Waals surface area contributed by atoms with Gasteiger partial charge in [-0.1, -0.05) is 26.8 Å². The van der Waals surface area contributed by atoms with Crippen LogP contribution < -0.4 is 5.32 Å². The van der Waals surface area contributed by atoms with Crippen LogP contribution >= 0.6 is 11.6 Å². The van der Waals surface area contributed by atoms with E-state index in [4.69, 9.17) is 21.1 Å². The summed E-state index contributed by atoms with van der Waals surface area (Å²) in [4.78, 5) is 62.6. The van der Waals surface area contributed by atoms with E-state index in [9.17, 15) is 19.2 Å². The average molecular weight is 571 g/mol. The van der Waals surface area contributed by atoms with Crippen molar-refractivity contribution in [2.45, 2.75) is 65.3 Å². The number of H-pyrrole nitrogens is 1. The Morgan fingerprint density at radius 3 is 2.48 bits per heavy atom. The maximum atomic E-state index is 13.5. The molecule has 40 heavy (non-hydrogen) atoms. The van der Waals surface area contributed by atoms with Crippen molar-refractivity contribution in [2.24, 2.45) is 5.41 Å². The van der Waals surface area contributed by atoms with Crippen LogP contribution in [0.25, 0.3) is 11.0 Å². The lowest BCUT2D eigenvalue weighted by molar-refractivity contribution is -0.146. The van der Waals surface area contributed by atoms with Gasteiger partial charge in [-0.2, -0.15) is 0 Å². The number of ether oxygens (including phenoxy) is 2. The summed E-state index contributed by atoms with van der Waals surface area (Å²) in [5, 5.41) is 3.00. The van der Waals surface area contributed by atoms with Crippen molar-refractivity contribution in [3.05, 3.63) is 59.2 Å². The molecular weight excluding hydrogens is 536 g/mol. The molecule has 2 heterocycles. The molecule has 0 spiro atoms. The molecule has 214 valence electrons. The molecule has 1 aromatic carbocycles. The highest BCUT2D eigenvalue weighted by molar-refractivity contribution is 6.22. The van der Waals surface area contributed by atoms with Crippen molar-refractivity contribution < 1.29 is 28.7 Å². The molecule has 1 unspecified atom stereocenters. The Hall–Kier alpha value is -3.79. The van der Waals surface area contributed by atoms with Gasteiger partial charge in [0.05, 0.1) is 24.2 Å². The molecule has 0 bridgehead atoms. The van der Waals surface area contributed by atoms with E-state index in [1.54, 1.807) is 65.2 Å². The van der Waals surface area contributed by atoms with Crippen LogP contribution in [0.15, 0.2) is 36.9 Å². The number of benzene rings is 1. The highest BCUT2D eigenvalue weighted by Crippen LogP contribution is 2.32. The molecule has 0 saturated heterocycles. The number of halogens is 1. The van der Waals surface area contributed by atoms with Crippen molar-refractivity contribution in [3.8, 4) is 0 Å². The fraction of sp³-hybridized carbons (Fsp3) is 0.448. The van der Waals surface area contributed by atoms with Crippen LogP contribution in [0.3, 0.4) is 0 Å². The van der Waals surface area contributed by atoms with Crippen molar-refractivity contribution in [1.29, 1.82) is 0 Å². The minimum absolute atomic E-state index is 0.00763. The maximum absolute atomic E-state index is 13.5. The predicted octanol–water partition coefficient (Wildman–Crippen LogP) is 4.71. The molecule has 0 aliphatic carbocycles. The van der Waals surface area contributed by atoms with Crippen LogP contribution in [-0.2, 0) is 25.5 Å². The first-order chi connectivity index (χ1) is 19.0. The van der Waals surface area contributed by atoms with Gasteiger partial charge in [0.2, 0.25) is 0 Å². The van der Waals surface area contributed by atoms with Gasteiger partial charge in [-0.15, -0.1) is 11.6 Å². The van der Waals surface area contributed by atoms with E-state index in [0.717, 1.165) is 16.5 Å². The number of nitrogens with one attached hydrogen (secondary N) is 2. The molecule has 0 saturated carbocycles. The van der Waals surface area contributed by atoms with Crippen LogP contribution in [0, 0.1) is 5.41 Å². The zero-order valence-corrected chi connectivity index (χ0v) is 24.1. The van der Waals surface area contributed by atoms with Gasteiger partial charge in [0.25, 0.3) is 5.91 Å². The lowest BCUT2D eigenvalue weighted by Gasteiger charge is -2.22. The number of hydrogen-bond acceptors (Lipinski definition) is 8. The first kappa shape index (κ1) is 30.7. The molecule has 1 amide bonds. The number of carbonyl (C=O) groups excluding carboxylic acids is 4. The number of amides is 1. The highest BCUT2D eigenvalue weighted by atomic mass is 35.5. The molecule has 0 aliphatic rings. The van der Waals surface area contributed by atoms with Crippen molar-refractivity contribution in [1.82, 2.24) is 20.3 Å². The molecule has 2 atom stereocenters. The minimum Gasteiger partial charge on any atom is -0.466 e. The topological polar surface area (TPSA) is 140 Å². The zero-order valence-electron chi connectivity index (χ0n) is 23.4. The Balaban J connectivity index is 1.89. The molecule has 2 aromatic heterocycles. The van der Waals surface area contributed by atoms with Gasteiger partial charge in [0.1, 0.15) is 18.0 Å². The summed E-state index contributed by atoms with van der Waals surface area (Å²) in [7, 11) is 0. The SMILES string of the molecule is CCOC(=O)CC[C@@H](NC(=O)c1ccc(CC(Cl)c2c[nH]c3ncncc23)cc1C(=O)C(C)(C)C)C(=O)OCC. The van der Waals surface area contributed by atoms with E-state index in [-0.39, 0.29) is 43.0 Å². The van der Waals surface area contributed by atoms with E-state index >= 15 is 0 Å². The van der Waals surface area contributed by atoms with Gasteiger partial charge in [-0.05, 0) is 49.9 Å². The summed E-state index contributed by atoms with van der Waals surface area (Å²) in [5.41, 5.74) is 1.78. The molecule has 3 rings (SSSR count). The Morgan fingerprint density at radius 2 is 1.80 bits per heavy atom. The summed E-state index contributed by atoms with van der Waals surface area (Å²) in [5.74, 6) is -2.04. The third-order valence-corrected chi connectivity index (χ3v) is 6.60. The van der Waals surface area contributed by atoms with Gasteiger partial charge >= 0.3 is 11.9 Å². The number of nitrogens with zero attached hydrogens (tertiary/aromatic N) is 2.